The summed E-state index contributed by atoms with van der Waals surface area (Å²) in [5, 5.41) is 3.79. The molecule has 2 amide bonds. The number of rotatable bonds is 4. The Bertz CT molecular complexity index is 946. The molecular formula is C20H30N4O5S. The lowest BCUT2D eigenvalue weighted by Crippen LogP contribution is -2.49. The van der Waals surface area contributed by atoms with Gasteiger partial charge in [-0.1, -0.05) is 19.0 Å². The molecule has 0 unspecified atom stereocenters. The number of amides is 2. The first-order valence-electron chi connectivity index (χ1n) is 10.6. The number of nitrogens with zero attached hydrogens (tertiary/aromatic N) is 4. The van der Waals surface area contributed by atoms with Crippen LogP contribution in [0.4, 0.5) is 0 Å². The summed E-state index contributed by atoms with van der Waals surface area (Å²) in [7, 11) is -3.85. The van der Waals surface area contributed by atoms with Crippen molar-refractivity contribution in [2.75, 3.05) is 39.3 Å². The standard InChI is InChI=1S/C20H30N4O5S/c1-13(2)18(25)23-9-16-10-24(30(27,28)17-14(3)21-29-15(17)4)12-20(16,11-23)19(26)22-7-5-6-8-22/h13,16H,5-12H2,1-4H3/t16-,20-/m0/s1. The topological polar surface area (TPSA) is 104 Å². The average Bonchev–Trinajstić information content (AvgIpc) is 3.43. The summed E-state index contributed by atoms with van der Waals surface area (Å²) < 4.78 is 33.3. The third-order valence-corrected chi connectivity index (χ3v) is 8.83. The quantitative estimate of drug-likeness (QED) is 0.695. The van der Waals surface area contributed by atoms with Crippen LogP contribution in [0, 0.1) is 31.1 Å². The number of fused-ring (bicyclic) bond motifs is 1. The predicted molar refractivity (Wildman–Crippen MR) is 108 cm³/mol. The molecule has 3 aliphatic rings. The molecule has 1 aromatic heterocycles. The third kappa shape index (κ3) is 3.15. The SMILES string of the molecule is Cc1noc(C)c1S(=O)(=O)N1C[C@@H]2CN(C(=O)C(C)C)C[C@]2(C(=O)N2CCCC2)C1. The zero-order chi connectivity index (χ0) is 21.8. The Balaban J connectivity index is 1.68. The fourth-order valence-corrected chi connectivity index (χ4v) is 7.09. The first kappa shape index (κ1) is 21.3. The van der Waals surface area contributed by atoms with Crippen LogP contribution in [-0.4, -0.2) is 78.8 Å². The van der Waals surface area contributed by atoms with E-state index in [1.54, 1.807) is 18.7 Å². The van der Waals surface area contributed by atoms with Gasteiger partial charge in [-0.3, -0.25) is 9.59 Å². The van der Waals surface area contributed by atoms with Crippen molar-refractivity contribution in [1.82, 2.24) is 19.3 Å². The van der Waals surface area contributed by atoms with E-state index in [2.05, 4.69) is 5.16 Å². The molecule has 0 N–H and O–H groups in total. The highest BCUT2D eigenvalue weighted by Gasteiger charge is 2.61. The fraction of sp³-hybridized carbons (Fsp3) is 0.750. The number of hydrogen-bond donors (Lipinski definition) is 0. The second-order valence-corrected chi connectivity index (χ2v) is 11.1. The summed E-state index contributed by atoms with van der Waals surface area (Å²) >= 11 is 0. The zero-order valence-electron chi connectivity index (χ0n) is 18.0. The summed E-state index contributed by atoms with van der Waals surface area (Å²) in [6, 6.07) is 0. The highest BCUT2D eigenvalue weighted by Crippen LogP contribution is 2.46. The van der Waals surface area contributed by atoms with Crippen LogP contribution in [-0.2, 0) is 19.6 Å². The van der Waals surface area contributed by atoms with Gasteiger partial charge >= 0.3 is 0 Å². The van der Waals surface area contributed by atoms with E-state index in [1.807, 2.05) is 18.7 Å². The van der Waals surface area contributed by atoms with E-state index in [-0.39, 0.29) is 53.9 Å². The molecule has 0 saturated carbocycles. The molecule has 4 rings (SSSR count). The Morgan fingerprint density at radius 2 is 1.77 bits per heavy atom. The minimum absolute atomic E-state index is 0.0122. The number of aryl methyl sites for hydroxylation is 2. The van der Waals surface area contributed by atoms with E-state index in [1.165, 1.54) is 4.31 Å². The Labute approximate surface area is 177 Å². The van der Waals surface area contributed by atoms with Crippen molar-refractivity contribution in [2.45, 2.75) is 45.4 Å². The third-order valence-electron chi connectivity index (χ3n) is 6.77. The fourth-order valence-electron chi connectivity index (χ4n) is 5.24. The predicted octanol–water partition coefficient (Wildman–Crippen LogP) is 1.02. The maximum atomic E-state index is 13.6. The first-order chi connectivity index (χ1) is 14.1. The lowest BCUT2D eigenvalue weighted by Gasteiger charge is -2.32. The van der Waals surface area contributed by atoms with Crippen molar-refractivity contribution in [2.24, 2.45) is 17.3 Å². The summed E-state index contributed by atoms with van der Waals surface area (Å²) in [6.07, 6.45) is 1.92. The van der Waals surface area contributed by atoms with Crippen molar-refractivity contribution < 1.29 is 22.5 Å². The van der Waals surface area contributed by atoms with Gasteiger partial charge in [0.15, 0.2) is 5.76 Å². The molecule has 0 radical (unpaired) electrons. The second-order valence-electron chi connectivity index (χ2n) is 9.18. The molecule has 4 heterocycles. The van der Waals surface area contributed by atoms with Gasteiger partial charge in [-0.15, -0.1) is 0 Å². The van der Waals surface area contributed by atoms with Gasteiger partial charge in [0, 0.05) is 51.1 Å². The first-order valence-corrected chi connectivity index (χ1v) is 12.0. The molecule has 0 aromatic carbocycles. The molecule has 3 aliphatic heterocycles. The van der Waals surface area contributed by atoms with Crippen LogP contribution in [0.25, 0.3) is 0 Å². The molecule has 3 fully saturated rings. The summed E-state index contributed by atoms with van der Waals surface area (Å²) in [5.41, 5.74) is -0.568. The maximum Gasteiger partial charge on any atom is 0.248 e. The van der Waals surface area contributed by atoms with Crippen LogP contribution in [0.1, 0.15) is 38.1 Å². The number of hydrogen-bond acceptors (Lipinski definition) is 6. The Hall–Kier alpha value is -1.94. The minimum atomic E-state index is -3.85. The number of carbonyl (C=O) groups excluding carboxylic acids is 2. The van der Waals surface area contributed by atoms with Crippen LogP contribution in [0.15, 0.2) is 9.42 Å². The monoisotopic (exact) mass is 438 g/mol. The normalized spacial score (nSPS) is 27.3. The molecular weight excluding hydrogens is 408 g/mol. The Kier molecular flexibility index (Phi) is 5.21. The average molecular weight is 439 g/mol. The molecule has 9 nitrogen and oxygen atoms in total. The van der Waals surface area contributed by atoms with Gasteiger partial charge < -0.3 is 14.3 Å². The van der Waals surface area contributed by atoms with E-state index in [0.29, 0.717) is 25.3 Å². The van der Waals surface area contributed by atoms with Crippen molar-refractivity contribution in [3.05, 3.63) is 11.5 Å². The molecule has 0 bridgehead atoms. The van der Waals surface area contributed by atoms with Crippen LogP contribution < -0.4 is 0 Å². The van der Waals surface area contributed by atoms with Crippen LogP contribution in [0.2, 0.25) is 0 Å². The number of sulfonamides is 1. The smallest absolute Gasteiger partial charge is 0.248 e. The Morgan fingerprint density at radius 1 is 1.10 bits per heavy atom. The van der Waals surface area contributed by atoms with Crippen LogP contribution in [0.3, 0.4) is 0 Å². The molecule has 10 heteroatoms. The van der Waals surface area contributed by atoms with Crippen molar-refractivity contribution in [3.63, 3.8) is 0 Å². The molecule has 1 aromatic rings. The van der Waals surface area contributed by atoms with E-state index in [9.17, 15) is 18.0 Å². The Morgan fingerprint density at radius 3 is 2.33 bits per heavy atom. The van der Waals surface area contributed by atoms with Gasteiger partial charge in [0.05, 0.1) is 5.41 Å². The van der Waals surface area contributed by atoms with Crippen LogP contribution >= 0.6 is 0 Å². The summed E-state index contributed by atoms with van der Waals surface area (Å²) in [6.45, 7) is 9.26. The minimum Gasteiger partial charge on any atom is -0.360 e. The number of likely N-dealkylation sites (tertiary alicyclic amines) is 2. The van der Waals surface area contributed by atoms with E-state index in [0.717, 1.165) is 12.8 Å². The van der Waals surface area contributed by atoms with Gasteiger partial charge in [0.1, 0.15) is 10.6 Å². The van der Waals surface area contributed by atoms with E-state index in [4.69, 9.17) is 4.52 Å². The van der Waals surface area contributed by atoms with Gasteiger partial charge in [0.25, 0.3) is 0 Å². The van der Waals surface area contributed by atoms with Crippen LogP contribution in [0.5, 0.6) is 0 Å². The van der Waals surface area contributed by atoms with Crippen molar-refractivity contribution in [3.8, 4) is 0 Å². The van der Waals surface area contributed by atoms with Crippen molar-refractivity contribution in [1.29, 1.82) is 0 Å². The number of aromatic nitrogens is 1. The van der Waals surface area contributed by atoms with Gasteiger partial charge in [-0.2, -0.15) is 4.31 Å². The molecule has 30 heavy (non-hydrogen) atoms. The maximum absolute atomic E-state index is 13.6. The molecule has 3 saturated heterocycles. The summed E-state index contributed by atoms with van der Waals surface area (Å²) in [5.74, 6) is -0.131. The molecule has 0 aliphatic carbocycles. The lowest BCUT2D eigenvalue weighted by atomic mass is 9.79. The number of carbonyl (C=O) groups is 2. The summed E-state index contributed by atoms with van der Waals surface area (Å²) in [4.78, 5) is 30.0. The zero-order valence-corrected chi connectivity index (χ0v) is 18.9. The second kappa shape index (κ2) is 7.33. The van der Waals surface area contributed by atoms with Gasteiger partial charge in [-0.05, 0) is 26.7 Å². The van der Waals surface area contributed by atoms with E-state index < -0.39 is 15.4 Å². The van der Waals surface area contributed by atoms with Gasteiger partial charge in [0.2, 0.25) is 21.8 Å². The van der Waals surface area contributed by atoms with Crippen molar-refractivity contribution >= 4 is 21.8 Å². The molecule has 2 atom stereocenters. The van der Waals surface area contributed by atoms with Gasteiger partial charge in [-0.25, -0.2) is 8.42 Å². The lowest BCUT2D eigenvalue weighted by molar-refractivity contribution is -0.141. The molecule has 0 spiro atoms. The highest BCUT2D eigenvalue weighted by molar-refractivity contribution is 7.89. The molecule has 166 valence electrons. The largest absolute Gasteiger partial charge is 0.360 e. The highest BCUT2D eigenvalue weighted by atomic mass is 32.2. The van der Waals surface area contributed by atoms with E-state index >= 15 is 0 Å².